The van der Waals surface area contributed by atoms with Gasteiger partial charge in [0.05, 0.1) is 12.3 Å². The molecule has 2 rings (SSSR count). The predicted molar refractivity (Wildman–Crippen MR) is 40.4 cm³/mol. The van der Waals surface area contributed by atoms with Gasteiger partial charge in [0, 0.05) is 6.07 Å². The van der Waals surface area contributed by atoms with Crippen molar-refractivity contribution in [3.8, 4) is 0 Å². The van der Waals surface area contributed by atoms with Gasteiger partial charge in [0.2, 0.25) is 0 Å². The maximum atomic E-state index is 10.8. The first-order valence-corrected chi connectivity index (χ1v) is 3.43. The molecule has 0 fully saturated rings. The lowest BCUT2D eigenvalue weighted by Crippen LogP contribution is -2.39. The van der Waals surface area contributed by atoms with Crippen LogP contribution in [0.3, 0.4) is 0 Å². The first-order valence-electron chi connectivity index (χ1n) is 3.43. The molecule has 0 radical (unpaired) electrons. The molecule has 60 valence electrons. The summed E-state index contributed by atoms with van der Waals surface area (Å²) >= 11 is 0. The fraction of sp³-hybridized carbons (Fsp3) is 0. The maximum absolute atomic E-state index is 10.8. The van der Waals surface area contributed by atoms with E-state index >= 15 is 0 Å². The van der Waals surface area contributed by atoms with Gasteiger partial charge in [-0.2, -0.15) is 0 Å². The Bertz CT molecular complexity index is 434. The second kappa shape index (κ2) is 2.30. The van der Waals surface area contributed by atoms with Crippen molar-refractivity contribution in [3.63, 3.8) is 0 Å². The summed E-state index contributed by atoms with van der Waals surface area (Å²) in [7, 11) is 0. The topological polar surface area (TPSA) is 65.0 Å². The third kappa shape index (κ3) is 0.833. The highest BCUT2D eigenvalue weighted by Crippen LogP contribution is 1.89. The summed E-state index contributed by atoms with van der Waals surface area (Å²) in [5.74, 6) is 0. The van der Waals surface area contributed by atoms with Gasteiger partial charge in [-0.15, -0.1) is 9.20 Å². The SMILES string of the molecule is NC(=O)n1ccc2nccc[n+]21. The fourth-order valence-electron chi connectivity index (χ4n) is 1.07. The van der Waals surface area contributed by atoms with E-state index in [2.05, 4.69) is 4.98 Å². The standard InChI is InChI=1S/C7H6N4O/c8-7(12)11-5-2-6-9-3-1-4-10(6)11/h1-5H,(H-,8,12)/p+1. The Morgan fingerprint density at radius 2 is 2.50 bits per heavy atom. The molecule has 2 N–H and O–H groups in total. The van der Waals surface area contributed by atoms with E-state index in [1.807, 2.05) is 0 Å². The van der Waals surface area contributed by atoms with Crippen LogP contribution in [0, 0.1) is 0 Å². The lowest BCUT2D eigenvalue weighted by atomic mass is 10.6. The maximum Gasteiger partial charge on any atom is 0.354 e. The third-order valence-electron chi connectivity index (χ3n) is 1.58. The number of rotatable bonds is 0. The highest BCUT2D eigenvalue weighted by atomic mass is 16.2. The summed E-state index contributed by atoms with van der Waals surface area (Å²) in [6.07, 6.45) is 4.94. The molecule has 2 aromatic rings. The molecular formula is C7H7N4O+. The summed E-state index contributed by atoms with van der Waals surface area (Å²) in [5.41, 5.74) is 5.79. The van der Waals surface area contributed by atoms with Crippen molar-refractivity contribution in [2.75, 3.05) is 0 Å². The smallest absolute Gasteiger partial charge is 0.348 e. The van der Waals surface area contributed by atoms with Crippen LogP contribution in [0.4, 0.5) is 4.79 Å². The Labute approximate surface area is 68.0 Å². The highest BCUT2D eigenvalue weighted by molar-refractivity contribution is 5.72. The summed E-state index contributed by atoms with van der Waals surface area (Å²) in [6.45, 7) is 0. The molecule has 0 aromatic carbocycles. The number of carbonyl (C=O) groups is 1. The van der Waals surface area contributed by atoms with Crippen molar-refractivity contribution in [1.82, 2.24) is 9.67 Å². The van der Waals surface area contributed by atoms with Crippen LogP contribution in [0.5, 0.6) is 0 Å². The number of nitrogens with zero attached hydrogens (tertiary/aromatic N) is 3. The Morgan fingerprint density at radius 3 is 3.25 bits per heavy atom. The normalized spacial score (nSPS) is 10.3. The lowest BCUT2D eigenvalue weighted by Gasteiger charge is -1.91. The molecule has 5 nitrogen and oxygen atoms in total. The number of fused-ring (bicyclic) bond motifs is 1. The quantitative estimate of drug-likeness (QED) is 0.534. The van der Waals surface area contributed by atoms with Gasteiger partial charge < -0.3 is 5.73 Å². The molecule has 0 spiro atoms. The van der Waals surface area contributed by atoms with Crippen LogP contribution in [-0.2, 0) is 0 Å². The molecule has 0 atom stereocenters. The van der Waals surface area contributed by atoms with Crippen molar-refractivity contribution >= 4 is 11.7 Å². The van der Waals surface area contributed by atoms with Crippen molar-refractivity contribution < 1.29 is 9.31 Å². The molecular weight excluding hydrogens is 156 g/mol. The van der Waals surface area contributed by atoms with Gasteiger partial charge in [-0.05, 0) is 4.98 Å². The van der Waals surface area contributed by atoms with Gasteiger partial charge in [0.1, 0.15) is 12.4 Å². The van der Waals surface area contributed by atoms with Gasteiger partial charge >= 0.3 is 11.7 Å². The number of aromatic nitrogens is 3. The molecule has 0 aliphatic heterocycles. The number of amides is 1. The van der Waals surface area contributed by atoms with E-state index in [1.165, 1.54) is 4.68 Å². The molecule has 0 aliphatic carbocycles. The van der Waals surface area contributed by atoms with Crippen LogP contribution in [0.25, 0.3) is 5.65 Å². The summed E-state index contributed by atoms with van der Waals surface area (Å²) in [6, 6.07) is 2.92. The first-order chi connectivity index (χ1) is 5.79. The molecule has 0 aliphatic rings. The summed E-state index contributed by atoms with van der Waals surface area (Å²) in [4.78, 5) is 14.8. The summed E-state index contributed by atoms with van der Waals surface area (Å²) in [5, 5.41) is 0. The van der Waals surface area contributed by atoms with Gasteiger partial charge in [0.25, 0.3) is 0 Å². The van der Waals surface area contributed by atoms with E-state index in [0.29, 0.717) is 5.65 Å². The number of primary amides is 1. The zero-order valence-corrected chi connectivity index (χ0v) is 6.21. The van der Waals surface area contributed by atoms with E-state index in [9.17, 15) is 4.79 Å². The fourth-order valence-corrected chi connectivity index (χ4v) is 1.07. The van der Waals surface area contributed by atoms with Gasteiger partial charge in [-0.3, -0.25) is 0 Å². The number of nitrogens with two attached hydrogens (primary N) is 1. The third-order valence-corrected chi connectivity index (χ3v) is 1.58. The summed E-state index contributed by atoms with van der Waals surface area (Å²) < 4.78 is 2.85. The van der Waals surface area contributed by atoms with E-state index in [0.717, 1.165) is 0 Å². The molecule has 0 saturated heterocycles. The minimum atomic E-state index is -0.525. The Kier molecular flexibility index (Phi) is 1.30. The Morgan fingerprint density at radius 1 is 1.67 bits per heavy atom. The van der Waals surface area contributed by atoms with Crippen LogP contribution < -0.4 is 10.2 Å². The molecule has 2 aromatic heterocycles. The molecule has 0 unspecified atom stereocenters. The molecule has 1 amide bonds. The first kappa shape index (κ1) is 6.78. The molecule has 2 heterocycles. The number of hydrogen-bond donors (Lipinski definition) is 1. The zero-order chi connectivity index (χ0) is 8.55. The predicted octanol–water partition coefficient (Wildman–Crippen LogP) is -0.451. The largest absolute Gasteiger partial charge is 0.354 e. The Balaban J connectivity index is 2.79. The molecule has 0 saturated carbocycles. The number of carbonyl (C=O) groups excluding carboxylic acids is 1. The van der Waals surface area contributed by atoms with Crippen LogP contribution in [0.15, 0.2) is 30.7 Å². The van der Waals surface area contributed by atoms with E-state index < -0.39 is 6.03 Å². The van der Waals surface area contributed by atoms with Crippen molar-refractivity contribution in [2.24, 2.45) is 5.73 Å². The highest BCUT2D eigenvalue weighted by Gasteiger charge is 2.10. The second-order valence-corrected chi connectivity index (χ2v) is 2.32. The van der Waals surface area contributed by atoms with E-state index in [-0.39, 0.29) is 0 Å². The van der Waals surface area contributed by atoms with Gasteiger partial charge in [0.15, 0.2) is 0 Å². The van der Waals surface area contributed by atoms with E-state index in [4.69, 9.17) is 5.73 Å². The molecule has 5 heteroatoms. The molecule has 12 heavy (non-hydrogen) atoms. The minimum absolute atomic E-state index is 0.525. The average molecular weight is 163 g/mol. The van der Waals surface area contributed by atoms with Crippen LogP contribution in [0.1, 0.15) is 0 Å². The van der Waals surface area contributed by atoms with Gasteiger partial charge in [-0.1, -0.05) is 0 Å². The van der Waals surface area contributed by atoms with Crippen molar-refractivity contribution in [2.45, 2.75) is 0 Å². The zero-order valence-electron chi connectivity index (χ0n) is 6.21. The van der Waals surface area contributed by atoms with Gasteiger partial charge in [-0.25, -0.2) is 4.79 Å². The lowest BCUT2D eigenvalue weighted by molar-refractivity contribution is -0.597. The Hall–Kier alpha value is -1.91. The van der Waals surface area contributed by atoms with Crippen LogP contribution >= 0.6 is 0 Å². The van der Waals surface area contributed by atoms with Crippen molar-refractivity contribution in [3.05, 3.63) is 30.7 Å². The number of hydrogen-bond acceptors (Lipinski definition) is 2. The van der Waals surface area contributed by atoms with E-state index in [1.54, 1.807) is 35.2 Å². The van der Waals surface area contributed by atoms with Crippen LogP contribution in [-0.4, -0.2) is 15.7 Å². The second-order valence-electron chi connectivity index (χ2n) is 2.32. The van der Waals surface area contributed by atoms with Crippen LogP contribution in [0.2, 0.25) is 0 Å². The minimum Gasteiger partial charge on any atom is -0.348 e. The van der Waals surface area contributed by atoms with Crippen molar-refractivity contribution in [1.29, 1.82) is 0 Å². The molecule has 0 bridgehead atoms. The monoisotopic (exact) mass is 163 g/mol. The average Bonchev–Trinajstić information content (AvgIpc) is 2.47.